The number of nitrogens with one attached hydrogen (secondary N) is 1. The molecule has 0 aromatic carbocycles. The summed E-state index contributed by atoms with van der Waals surface area (Å²) in [6.45, 7) is 5.39. The summed E-state index contributed by atoms with van der Waals surface area (Å²) in [7, 11) is 0. The molecule has 0 radical (unpaired) electrons. The van der Waals surface area contributed by atoms with E-state index in [1.54, 1.807) is 20.8 Å². The highest BCUT2D eigenvalue weighted by molar-refractivity contribution is 6.32. The van der Waals surface area contributed by atoms with Crippen molar-refractivity contribution in [2.45, 2.75) is 26.2 Å². The molecule has 0 aliphatic heterocycles. The summed E-state index contributed by atoms with van der Waals surface area (Å²) in [4.78, 5) is 22.2. The summed E-state index contributed by atoms with van der Waals surface area (Å²) in [6.07, 6.45) is 0. The first-order valence-corrected chi connectivity index (χ1v) is 5.43. The highest BCUT2D eigenvalue weighted by atomic mass is 35.5. The largest absolute Gasteiger partial charge is 0.351 e. The lowest BCUT2D eigenvalue weighted by Crippen LogP contribution is -2.30. The molecule has 0 fully saturated rings. The lowest BCUT2D eigenvalue weighted by molar-refractivity contribution is -0.383. The molecule has 2 heterocycles. The van der Waals surface area contributed by atoms with Gasteiger partial charge in [-0.3, -0.25) is 20.0 Å². The van der Waals surface area contributed by atoms with Crippen LogP contribution in [0.15, 0.2) is 4.79 Å². The number of aromatic amines is 1. The molecule has 0 saturated carbocycles. The molecule has 0 saturated heterocycles. The molecular weight excluding hydrogens is 262 g/mol. The fraction of sp³-hybridized carbons (Fsp3) is 0.444. The number of nitrogens with zero attached hydrogens (tertiary/aromatic N) is 4. The number of aromatic nitrogens is 4. The Morgan fingerprint density at radius 1 is 1.39 bits per heavy atom. The van der Waals surface area contributed by atoms with Crippen molar-refractivity contribution in [3.63, 3.8) is 0 Å². The van der Waals surface area contributed by atoms with Gasteiger partial charge in [0.1, 0.15) is 5.69 Å². The average molecular weight is 272 g/mol. The molecule has 2 aromatic heterocycles. The van der Waals surface area contributed by atoms with Gasteiger partial charge in [0.05, 0.1) is 4.92 Å². The zero-order chi connectivity index (χ0) is 13.7. The van der Waals surface area contributed by atoms with Gasteiger partial charge in [0.2, 0.25) is 5.15 Å². The monoisotopic (exact) mass is 271 g/mol. The normalized spacial score (nSPS) is 12.0. The van der Waals surface area contributed by atoms with E-state index in [0.29, 0.717) is 0 Å². The van der Waals surface area contributed by atoms with Gasteiger partial charge in [0, 0.05) is 5.41 Å². The van der Waals surface area contributed by atoms with E-state index >= 15 is 0 Å². The summed E-state index contributed by atoms with van der Waals surface area (Å²) in [5.41, 5.74) is -1.46. The third-order valence-corrected chi connectivity index (χ3v) is 2.65. The number of rotatable bonds is 1. The molecule has 0 amide bonds. The molecule has 0 aliphatic carbocycles. The number of nitro groups is 1. The molecule has 2 rings (SSSR count). The van der Waals surface area contributed by atoms with Gasteiger partial charge < -0.3 is 0 Å². The molecule has 0 aliphatic rings. The van der Waals surface area contributed by atoms with Crippen LogP contribution in [0.3, 0.4) is 0 Å². The average Bonchev–Trinajstić information content (AvgIpc) is 2.53. The van der Waals surface area contributed by atoms with Gasteiger partial charge in [-0.05, 0) is 0 Å². The van der Waals surface area contributed by atoms with Crippen molar-refractivity contribution >= 4 is 22.9 Å². The van der Waals surface area contributed by atoms with Crippen LogP contribution < -0.4 is 5.56 Å². The maximum atomic E-state index is 12.1. The van der Waals surface area contributed by atoms with Gasteiger partial charge in [0.15, 0.2) is 0 Å². The zero-order valence-corrected chi connectivity index (χ0v) is 10.6. The Morgan fingerprint density at radius 2 is 2.00 bits per heavy atom. The predicted molar refractivity (Wildman–Crippen MR) is 64.0 cm³/mol. The van der Waals surface area contributed by atoms with Crippen LogP contribution in [0.25, 0.3) is 5.65 Å². The molecule has 2 aromatic rings. The number of fused-ring (bicyclic) bond motifs is 1. The highest BCUT2D eigenvalue weighted by Gasteiger charge is 2.28. The van der Waals surface area contributed by atoms with Gasteiger partial charge in [0.25, 0.3) is 11.2 Å². The fourth-order valence-electron chi connectivity index (χ4n) is 1.53. The first-order valence-electron chi connectivity index (χ1n) is 5.05. The van der Waals surface area contributed by atoms with E-state index in [1.165, 1.54) is 0 Å². The van der Waals surface area contributed by atoms with E-state index in [2.05, 4.69) is 15.3 Å². The first-order chi connectivity index (χ1) is 8.23. The smallest absolute Gasteiger partial charge is 0.273 e. The van der Waals surface area contributed by atoms with Crippen molar-refractivity contribution in [1.29, 1.82) is 0 Å². The van der Waals surface area contributed by atoms with Crippen molar-refractivity contribution < 1.29 is 4.92 Å². The van der Waals surface area contributed by atoms with Gasteiger partial charge in [-0.2, -0.15) is 4.52 Å². The number of halogens is 1. The number of H-pyrrole nitrogens is 1. The molecule has 96 valence electrons. The van der Waals surface area contributed by atoms with E-state index in [9.17, 15) is 14.9 Å². The fourth-order valence-corrected chi connectivity index (χ4v) is 1.76. The summed E-state index contributed by atoms with van der Waals surface area (Å²) >= 11 is 5.68. The van der Waals surface area contributed by atoms with Gasteiger partial charge in [-0.15, -0.1) is 10.2 Å². The predicted octanol–water partition coefficient (Wildman–Crippen LogP) is 1.28. The topological polar surface area (TPSA) is 106 Å². The van der Waals surface area contributed by atoms with Gasteiger partial charge in [-0.25, -0.2) is 0 Å². The maximum Gasteiger partial charge on any atom is 0.351 e. The van der Waals surface area contributed by atoms with Crippen LogP contribution in [0.4, 0.5) is 5.69 Å². The van der Waals surface area contributed by atoms with Crippen molar-refractivity contribution in [3.8, 4) is 0 Å². The highest BCUT2D eigenvalue weighted by Crippen LogP contribution is 2.26. The minimum atomic E-state index is -0.709. The second-order valence-corrected chi connectivity index (χ2v) is 5.17. The van der Waals surface area contributed by atoms with Crippen molar-refractivity contribution in [2.75, 3.05) is 0 Å². The third kappa shape index (κ3) is 1.74. The minimum Gasteiger partial charge on any atom is -0.273 e. The van der Waals surface area contributed by atoms with Crippen LogP contribution in [0.2, 0.25) is 5.15 Å². The molecule has 8 nitrogen and oxygen atoms in total. The van der Waals surface area contributed by atoms with Crippen molar-refractivity contribution in [1.82, 2.24) is 19.8 Å². The van der Waals surface area contributed by atoms with Crippen molar-refractivity contribution in [2.24, 2.45) is 0 Å². The quantitative estimate of drug-likeness (QED) is 0.621. The number of hydrogen-bond acceptors (Lipinski definition) is 5. The Hall–Kier alpha value is -1.96. The molecule has 9 heteroatoms. The van der Waals surface area contributed by atoms with E-state index < -0.39 is 21.6 Å². The Bertz CT molecular complexity index is 697. The van der Waals surface area contributed by atoms with Crippen LogP contribution in [0.5, 0.6) is 0 Å². The minimum absolute atomic E-state index is 0.192. The lowest BCUT2D eigenvalue weighted by Gasteiger charge is -2.14. The van der Waals surface area contributed by atoms with Crippen LogP contribution >= 0.6 is 11.6 Å². The van der Waals surface area contributed by atoms with Crippen LogP contribution in [0, 0.1) is 10.1 Å². The van der Waals surface area contributed by atoms with E-state index in [4.69, 9.17) is 11.6 Å². The Labute approximate surface area is 106 Å². The third-order valence-electron chi connectivity index (χ3n) is 2.38. The molecular formula is C9H10ClN5O3. The van der Waals surface area contributed by atoms with Gasteiger partial charge in [-0.1, -0.05) is 32.4 Å². The Kier molecular flexibility index (Phi) is 2.62. The zero-order valence-electron chi connectivity index (χ0n) is 9.89. The second-order valence-electron chi connectivity index (χ2n) is 4.79. The molecule has 18 heavy (non-hydrogen) atoms. The molecule has 1 N–H and O–H groups in total. The van der Waals surface area contributed by atoms with Crippen LogP contribution in [-0.4, -0.2) is 24.7 Å². The second kappa shape index (κ2) is 3.77. The summed E-state index contributed by atoms with van der Waals surface area (Å²) < 4.78 is 0.939. The molecule has 0 spiro atoms. The molecule has 0 unspecified atom stereocenters. The molecule has 0 bridgehead atoms. The van der Waals surface area contributed by atoms with Crippen LogP contribution in [0.1, 0.15) is 26.5 Å². The lowest BCUT2D eigenvalue weighted by atomic mass is 9.93. The Morgan fingerprint density at radius 3 is 2.50 bits per heavy atom. The summed E-state index contributed by atoms with van der Waals surface area (Å²) in [6, 6.07) is 0. The SMILES string of the molecule is CC(C)(C)c1nnc2c([N+](=O)[O-])c(Cl)[nH]n2c1=O. The molecule has 0 atom stereocenters. The van der Waals surface area contributed by atoms with Crippen LogP contribution in [-0.2, 0) is 5.41 Å². The maximum absolute atomic E-state index is 12.1. The summed E-state index contributed by atoms with van der Waals surface area (Å²) in [5.74, 6) is 0. The van der Waals surface area contributed by atoms with E-state index in [1.807, 2.05) is 0 Å². The van der Waals surface area contributed by atoms with Gasteiger partial charge >= 0.3 is 5.69 Å². The Balaban J connectivity index is 2.87. The first kappa shape index (κ1) is 12.5. The number of hydrogen-bond donors (Lipinski definition) is 1. The standard InChI is InChI=1S/C9H10ClN5O3/c1-9(2,3)5-8(16)14-7(12-11-5)4(15(17)18)6(10)13-14/h13H,1-3H3. The van der Waals surface area contributed by atoms with Crippen molar-refractivity contribution in [3.05, 3.63) is 31.3 Å². The van der Waals surface area contributed by atoms with E-state index in [0.717, 1.165) is 4.52 Å². The summed E-state index contributed by atoms with van der Waals surface area (Å²) in [5, 5.41) is 20.4. The van der Waals surface area contributed by atoms with E-state index in [-0.39, 0.29) is 16.5 Å².